The molecular weight excluding hydrogens is 276 g/mol. The molecule has 1 aliphatic heterocycles. The first-order valence-electron chi connectivity index (χ1n) is 6.45. The number of benzene rings is 1. The fourth-order valence-electron chi connectivity index (χ4n) is 1.98. The summed E-state index contributed by atoms with van der Waals surface area (Å²) in [7, 11) is 1.25. The Morgan fingerprint density at radius 2 is 2.05 bits per heavy atom. The molecule has 1 aliphatic rings. The van der Waals surface area contributed by atoms with Crippen molar-refractivity contribution in [3.8, 4) is 5.75 Å². The minimum Gasteiger partial charge on any atom is -0.484 e. The van der Waals surface area contributed by atoms with Crippen LogP contribution in [0.4, 0.5) is 0 Å². The number of amides is 2. The van der Waals surface area contributed by atoms with Crippen molar-refractivity contribution in [3.63, 3.8) is 0 Å². The number of ether oxygens (including phenoxy) is 2. The van der Waals surface area contributed by atoms with Crippen molar-refractivity contribution in [2.24, 2.45) is 5.92 Å². The van der Waals surface area contributed by atoms with Crippen molar-refractivity contribution >= 4 is 17.8 Å². The van der Waals surface area contributed by atoms with Crippen LogP contribution in [0.25, 0.3) is 0 Å². The lowest BCUT2D eigenvalue weighted by Crippen LogP contribution is -2.55. The van der Waals surface area contributed by atoms with Crippen LogP contribution < -0.4 is 10.2 Å². The quantitative estimate of drug-likeness (QED) is 0.797. The lowest BCUT2D eigenvalue weighted by Gasteiger charge is -2.31. The van der Waals surface area contributed by atoms with E-state index in [2.05, 4.69) is 10.2 Å². The van der Waals surface area contributed by atoms with Crippen LogP contribution in [0.5, 0.6) is 5.75 Å². The van der Waals surface area contributed by atoms with Gasteiger partial charge in [0.05, 0.1) is 19.6 Å². The summed E-state index contributed by atoms with van der Waals surface area (Å²) in [5, 5.41) is 1.09. The number of carbonyl (C=O) groups is 3. The third-order valence-electron chi connectivity index (χ3n) is 3.04. The largest absolute Gasteiger partial charge is 0.484 e. The first-order chi connectivity index (χ1) is 10.1. The summed E-state index contributed by atoms with van der Waals surface area (Å²) in [4.78, 5) is 35.0. The number of nitrogens with zero attached hydrogens (tertiary/aromatic N) is 1. The van der Waals surface area contributed by atoms with Crippen molar-refractivity contribution in [2.45, 2.75) is 6.42 Å². The van der Waals surface area contributed by atoms with Crippen LogP contribution >= 0.6 is 0 Å². The molecule has 7 heteroatoms. The van der Waals surface area contributed by atoms with E-state index in [9.17, 15) is 14.4 Å². The molecule has 7 nitrogen and oxygen atoms in total. The summed E-state index contributed by atoms with van der Waals surface area (Å²) in [6.07, 6.45) is 0.00992. The summed E-state index contributed by atoms with van der Waals surface area (Å²) >= 11 is 0. The first-order valence-corrected chi connectivity index (χ1v) is 6.45. The van der Waals surface area contributed by atoms with Gasteiger partial charge in [-0.15, -0.1) is 0 Å². The molecule has 1 heterocycles. The highest BCUT2D eigenvalue weighted by molar-refractivity contribution is 5.88. The van der Waals surface area contributed by atoms with E-state index in [1.54, 1.807) is 24.3 Å². The van der Waals surface area contributed by atoms with Gasteiger partial charge >= 0.3 is 5.97 Å². The molecule has 112 valence electrons. The van der Waals surface area contributed by atoms with Crippen LogP contribution in [-0.4, -0.2) is 43.1 Å². The number of nitrogens with one attached hydrogen (secondary N) is 1. The average Bonchev–Trinajstić information content (AvgIpc) is 2.52. The molecule has 1 fully saturated rings. The fourth-order valence-corrected chi connectivity index (χ4v) is 1.98. The van der Waals surface area contributed by atoms with E-state index in [0.717, 1.165) is 5.01 Å². The van der Waals surface area contributed by atoms with E-state index in [-0.39, 0.29) is 19.6 Å². The van der Waals surface area contributed by atoms with Crippen molar-refractivity contribution < 1.29 is 23.9 Å². The lowest BCUT2D eigenvalue weighted by molar-refractivity contribution is -0.157. The number of rotatable bonds is 4. The van der Waals surface area contributed by atoms with Gasteiger partial charge in [-0.1, -0.05) is 18.2 Å². The third kappa shape index (κ3) is 3.95. The second kappa shape index (κ2) is 6.74. The zero-order valence-electron chi connectivity index (χ0n) is 11.6. The second-order valence-corrected chi connectivity index (χ2v) is 4.57. The molecular formula is C14H16N2O5. The molecule has 1 atom stereocenters. The highest BCUT2D eigenvalue weighted by atomic mass is 16.5. The molecule has 0 saturated carbocycles. The first kappa shape index (κ1) is 14.8. The number of hydrogen-bond acceptors (Lipinski definition) is 5. The average molecular weight is 292 g/mol. The highest BCUT2D eigenvalue weighted by Gasteiger charge is 2.33. The van der Waals surface area contributed by atoms with Crippen molar-refractivity contribution in [1.29, 1.82) is 0 Å². The molecule has 1 unspecified atom stereocenters. The van der Waals surface area contributed by atoms with E-state index in [1.165, 1.54) is 7.11 Å². The van der Waals surface area contributed by atoms with Crippen LogP contribution in [0.1, 0.15) is 6.42 Å². The molecule has 1 N–H and O–H groups in total. The van der Waals surface area contributed by atoms with Gasteiger partial charge in [-0.2, -0.15) is 0 Å². The van der Waals surface area contributed by atoms with Crippen LogP contribution in [0.15, 0.2) is 30.3 Å². The molecule has 21 heavy (non-hydrogen) atoms. The third-order valence-corrected chi connectivity index (χ3v) is 3.04. The number of para-hydroxylation sites is 1. The van der Waals surface area contributed by atoms with E-state index in [4.69, 9.17) is 4.74 Å². The van der Waals surface area contributed by atoms with Crippen molar-refractivity contribution in [2.75, 3.05) is 20.3 Å². The summed E-state index contributed by atoms with van der Waals surface area (Å²) in [5.41, 5.74) is 2.42. The highest BCUT2D eigenvalue weighted by Crippen LogP contribution is 2.13. The SMILES string of the molecule is COC(=O)C1CC(=O)NN(C(=O)COc2ccccc2)C1. The Hall–Kier alpha value is -2.57. The Labute approximate surface area is 121 Å². The number of esters is 1. The number of hydrazine groups is 1. The van der Waals surface area contributed by atoms with Crippen molar-refractivity contribution in [1.82, 2.24) is 10.4 Å². The molecule has 0 bridgehead atoms. The Morgan fingerprint density at radius 1 is 1.33 bits per heavy atom. The van der Waals surface area contributed by atoms with Gasteiger partial charge in [-0.3, -0.25) is 24.8 Å². The second-order valence-electron chi connectivity index (χ2n) is 4.57. The zero-order valence-corrected chi connectivity index (χ0v) is 11.6. The van der Waals surface area contributed by atoms with Gasteiger partial charge in [0.15, 0.2) is 6.61 Å². The van der Waals surface area contributed by atoms with Crippen LogP contribution in [0.3, 0.4) is 0 Å². The standard InChI is InChI=1S/C14H16N2O5/c1-20-14(19)10-7-12(17)15-16(8-10)13(18)9-21-11-5-3-2-4-6-11/h2-6,10H,7-9H2,1H3,(H,15,17). The van der Waals surface area contributed by atoms with Gasteiger partial charge in [0.25, 0.3) is 5.91 Å². The predicted octanol–water partition coefficient (Wildman–Crippen LogP) is 0.118. The number of carbonyl (C=O) groups excluding carboxylic acids is 3. The Balaban J connectivity index is 1.92. The monoisotopic (exact) mass is 292 g/mol. The maximum atomic E-state index is 12.0. The molecule has 2 rings (SSSR count). The Bertz CT molecular complexity index is 531. The minimum absolute atomic E-state index is 0.00992. The topological polar surface area (TPSA) is 84.9 Å². The van der Waals surface area contributed by atoms with Gasteiger partial charge in [-0.25, -0.2) is 0 Å². The lowest BCUT2D eigenvalue weighted by atomic mass is 10.0. The van der Waals surface area contributed by atoms with Crippen molar-refractivity contribution in [3.05, 3.63) is 30.3 Å². The Kier molecular flexibility index (Phi) is 4.76. The molecule has 1 saturated heterocycles. The van der Waals surface area contributed by atoms with Crippen LogP contribution in [0, 0.1) is 5.92 Å². The fraction of sp³-hybridized carbons (Fsp3) is 0.357. The van der Waals surface area contributed by atoms with E-state index >= 15 is 0 Å². The minimum atomic E-state index is -0.649. The normalized spacial score (nSPS) is 17.9. The van der Waals surface area contributed by atoms with Gasteiger partial charge in [0, 0.05) is 6.42 Å². The maximum absolute atomic E-state index is 12.0. The van der Waals surface area contributed by atoms with Gasteiger partial charge in [0.2, 0.25) is 5.91 Å². The maximum Gasteiger partial charge on any atom is 0.311 e. The molecule has 1 aromatic rings. The Morgan fingerprint density at radius 3 is 2.71 bits per heavy atom. The number of methoxy groups -OCH3 is 1. The molecule has 0 radical (unpaired) electrons. The predicted molar refractivity (Wildman–Crippen MR) is 71.9 cm³/mol. The van der Waals surface area contributed by atoms with E-state index in [1.807, 2.05) is 6.07 Å². The smallest absolute Gasteiger partial charge is 0.311 e. The summed E-state index contributed by atoms with van der Waals surface area (Å²) in [5.74, 6) is -1.43. The van der Waals surface area contributed by atoms with Gasteiger partial charge in [-0.05, 0) is 12.1 Å². The van der Waals surface area contributed by atoms with Gasteiger partial charge in [0.1, 0.15) is 5.75 Å². The van der Waals surface area contributed by atoms with Crippen LogP contribution in [0.2, 0.25) is 0 Å². The molecule has 2 amide bonds. The zero-order chi connectivity index (χ0) is 15.2. The summed E-state index contributed by atoms with van der Waals surface area (Å²) in [6.45, 7) is -0.145. The molecule has 0 spiro atoms. The van der Waals surface area contributed by atoms with E-state index < -0.39 is 23.7 Å². The van der Waals surface area contributed by atoms with Gasteiger partial charge < -0.3 is 9.47 Å². The summed E-state index contributed by atoms with van der Waals surface area (Å²) < 4.78 is 9.93. The van der Waals surface area contributed by atoms with E-state index in [0.29, 0.717) is 5.75 Å². The summed E-state index contributed by atoms with van der Waals surface area (Å²) in [6, 6.07) is 8.85. The molecule has 0 aliphatic carbocycles. The molecule has 1 aromatic carbocycles. The van der Waals surface area contributed by atoms with Crippen LogP contribution in [-0.2, 0) is 19.1 Å². The number of hydrogen-bond donors (Lipinski definition) is 1. The molecule has 0 aromatic heterocycles.